The molecule has 0 radical (unpaired) electrons. The minimum Gasteiger partial charge on any atom is -0.484 e. The summed E-state index contributed by atoms with van der Waals surface area (Å²) in [5.41, 5.74) is 1.33. The zero-order valence-electron chi connectivity index (χ0n) is 6.39. The van der Waals surface area contributed by atoms with Crippen molar-refractivity contribution < 1.29 is 4.74 Å². The van der Waals surface area contributed by atoms with E-state index in [0.717, 1.165) is 18.1 Å². The van der Waals surface area contributed by atoms with Gasteiger partial charge in [0, 0.05) is 5.56 Å². The SMILES string of the molecule is CCOc1sccc1CC. The molecule has 2 heteroatoms. The number of rotatable bonds is 3. The van der Waals surface area contributed by atoms with Crippen LogP contribution < -0.4 is 4.74 Å². The van der Waals surface area contributed by atoms with E-state index in [-0.39, 0.29) is 0 Å². The number of ether oxygens (including phenoxy) is 1. The fourth-order valence-electron chi connectivity index (χ4n) is 0.842. The van der Waals surface area contributed by atoms with Crippen molar-refractivity contribution in [1.82, 2.24) is 0 Å². The summed E-state index contributed by atoms with van der Waals surface area (Å²) in [5.74, 6) is 0. The van der Waals surface area contributed by atoms with Gasteiger partial charge in [0.05, 0.1) is 6.61 Å². The minimum atomic E-state index is 0.771. The normalized spacial score (nSPS) is 9.80. The molecule has 1 aromatic heterocycles. The van der Waals surface area contributed by atoms with Gasteiger partial charge in [-0.2, -0.15) is 0 Å². The van der Waals surface area contributed by atoms with Crippen LogP contribution in [0.2, 0.25) is 0 Å². The molecule has 56 valence electrons. The molecular weight excluding hydrogens is 144 g/mol. The van der Waals surface area contributed by atoms with Crippen LogP contribution in [0.15, 0.2) is 11.4 Å². The second-order valence-electron chi connectivity index (χ2n) is 2.02. The van der Waals surface area contributed by atoms with E-state index in [9.17, 15) is 0 Å². The second-order valence-corrected chi connectivity index (χ2v) is 2.90. The number of aryl methyl sites for hydroxylation is 1. The molecule has 1 rings (SSSR count). The molecule has 0 atom stereocenters. The summed E-state index contributed by atoms with van der Waals surface area (Å²) in [4.78, 5) is 0. The predicted molar refractivity (Wildman–Crippen MR) is 44.9 cm³/mol. The van der Waals surface area contributed by atoms with Gasteiger partial charge >= 0.3 is 0 Å². The molecule has 10 heavy (non-hydrogen) atoms. The molecule has 0 unspecified atom stereocenters. The quantitative estimate of drug-likeness (QED) is 0.653. The van der Waals surface area contributed by atoms with Crippen LogP contribution in [0.25, 0.3) is 0 Å². The van der Waals surface area contributed by atoms with Crippen LogP contribution in [0.5, 0.6) is 5.06 Å². The van der Waals surface area contributed by atoms with Gasteiger partial charge in [0.15, 0.2) is 5.06 Å². The Morgan fingerprint density at radius 1 is 1.50 bits per heavy atom. The molecule has 0 N–H and O–H groups in total. The molecule has 0 amide bonds. The van der Waals surface area contributed by atoms with Crippen LogP contribution >= 0.6 is 11.3 Å². The maximum Gasteiger partial charge on any atom is 0.176 e. The van der Waals surface area contributed by atoms with Crippen molar-refractivity contribution in [3.05, 3.63) is 17.0 Å². The minimum absolute atomic E-state index is 0.771. The Hall–Kier alpha value is -0.500. The third-order valence-corrected chi connectivity index (χ3v) is 2.23. The van der Waals surface area contributed by atoms with Gasteiger partial charge in [-0.3, -0.25) is 0 Å². The van der Waals surface area contributed by atoms with E-state index in [1.54, 1.807) is 11.3 Å². The lowest BCUT2D eigenvalue weighted by molar-refractivity contribution is 0.347. The van der Waals surface area contributed by atoms with Gasteiger partial charge in [-0.15, -0.1) is 11.3 Å². The first-order valence-corrected chi connectivity index (χ1v) is 4.45. The van der Waals surface area contributed by atoms with Gasteiger partial charge in [0.2, 0.25) is 0 Å². The lowest BCUT2D eigenvalue weighted by Crippen LogP contribution is -1.90. The Labute approximate surface area is 65.6 Å². The predicted octanol–water partition coefficient (Wildman–Crippen LogP) is 2.71. The van der Waals surface area contributed by atoms with Crippen molar-refractivity contribution in [1.29, 1.82) is 0 Å². The topological polar surface area (TPSA) is 9.23 Å². The van der Waals surface area contributed by atoms with Gasteiger partial charge in [0.1, 0.15) is 0 Å². The summed E-state index contributed by atoms with van der Waals surface area (Å²) in [5, 5.41) is 3.16. The molecule has 1 aromatic rings. The molecule has 0 saturated heterocycles. The molecule has 0 saturated carbocycles. The van der Waals surface area contributed by atoms with Gasteiger partial charge in [0.25, 0.3) is 0 Å². The van der Waals surface area contributed by atoms with E-state index >= 15 is 0 Å². The maximum absolute atomic E-state index is 5.39. The van der Waals surface area contributed by atoms with E-state index in [1.165, 1.54) is 5.56 Å². The maximum atomic E-state index is 5.39. The zero-order chi connectivity index (χ0) is 7.40. The molecule has 0 fully saturated rings. The highest BCUT2D eigenvalue weighted by Gasteiger charge is 2.00. The summed E-state index contributed by atoms with van der Waals surface area (Å²) >= 11 is 1.68. The Morgan fingerprint density at radius 2 is 2.30 bits per heavy atom. The second kappa shape index (κ2) is 3.62. The largest absolute Gasteiger partial charge is 0.484 e. The number of hydrogen-bond acceptors (Lipinski definition) is 2. The Balaban J connectivity index is 2.70. The number of hydrogen-bond donors (Lipinski definition) is 0. The van der Waals surface area contributed by atoms with Crippen molar-refractivity contribution in [2.45, 2.75) is 20.3 Å². The highest BCUT2D eigenvalue weighted by Crippen LogP contribution is 2.25. The summed E-state index contributed by atoms with van der Waals surface area (Å²) in [7, 11) is 0. The summed E-state index contributed by atoms with van der Waals surface area (Å²) in [6.07, 6.45) is 1.07. The standard InChI is InChI=1S/C8H12OS/c1-3-7-5-6-10-8(7)9-4-2/h5-6H,3-4H2,1-2H3. The smallest absolute Gasteiger partial charge is 0.176 e. The van der Waals surface area contributed by atoms with E-state index in [4.69, 9.17) is 4.74 Å². The van der Waals surface area contributed by atoms with Crippen molar-refractivity contribution in [2.24, 2.45) is 0 Å². The van der Waals surface area contributed by atoms with Crippen LogP contribution in [0.3, 0.4) is 0 Å². The van der Waals surface area contributed by atoms with Crippen LogP contribution in [-0.2, 0) is 6.42 Å². The molecule has 0 spiro atoms. The van der Waals surface area contributed by atoms with Crippen LogP contribution in [0.1, 0.15) is 19.4 Å². The van der Waals surface area contributed by atoms with E-state index in [0.29, 0.717) is 0 Å². The Kier molecular flexibility index (Phi) is 2.75. The third kappa shape index (κ3) is 1.51. The fraction of sp³-hybridized carbons (Fsp3) is 0.500. The number of thiophene rings is 1. The summed E-state index contributed by atoms with van der Waals surface area (Å²) < 4.78 is 5.39. The van der Waals surface area contributed by atoms with E-state index in [1.807, 2.05) is 6.92 Å². The highest BCUT2D eigenvalue weighted by molar-refractivity contribution is 7.12. The molecule has 0 aliphatic heterocycles. The van der Waals surface area contributed by atoms with E-state index in [2.05, 4.69) is 18.4 Å². The monoisotopic (exact) mass is 156 g/mol. The van der Waals surface area contributed by atoms with Crippen LogP contribution in [0, 0.1) is 0 Å². The van der Waals surface area contributed by atoms with Crippen molar-refractivity contribution in [3.8, 4) is 5.06 Å². The third-order valence-electron chi connectivity index (χ3n) is 1.36. The molecule has 0 aliphatic carbocycles. The first kappa shape index (κ1) is 7.61. The van der Waals surface area contributed by atoms with Crippen LogP contribution in [-0.4, -0.2) is 6.61 Å². The Morgan fingerprint density at radius 3 is 2.90 bits per heavy atom. The van der Waals surface area contributed by atoms with Crippen molar-refractivity contribution in [3.63, 3.8) is 0 Å². The molecule has 1 heterocycles. The van der Waals surface area contributed by atoms with E-state index < -0.39 is 0 Å². The average Bonchev–Trinajstić information content (AvgIpc) is 2.36. The zero-order valence-corrected chi connectivity index (χ0v) is 7.20. The Bertz CT molecular complexity index is 193. The lowest BCUT2D eigenvalue weighted by Gasteiger charge is -2.00. The first-order chi connectivity index (χ1) is 4.88. The molecule has 1 nitrogen and oxygen atoms in total. The molecule has 0 bridgehead atoms. The molecular formula is C8H12OS. The average molecular weight is 156 g/mol. The van der Waals surface area contributed by atoms with Crippen LogP contribution in [0.4, 0.5) is 0 Å². The van der Waals surface area contributed by atoms with Gasteiger partial charge in [-0.25, -0.2) is 0 Å². The van der Waals surface area contributed by atoms with Crippen molar-refractivity contribution >= 4 is 11.3 Å². The summed E-state index contributed by atoms with van der Waals surface area (Å²) in [6.45, 7) is 4.93. The van der Waals surface area contributed by atoms with Gasteiger partial charge < -0.3 is 4.74 Å². The van der Waals surface area contributed by atoms with Gasteiger partial charge in [-0.05, 0) is 24.8 Å². The molecule has 0 aromatic carbocycles. The van der Waals surface area contributed by atoms with Gasteiger partial charge in [-0.1, -0.05) is 6.92 Å². The summed E-state index contributed by atoms with van der Waals surface area (Å²) in [6, 6.07) is 2.12. The molecule has 0 aliphatic rings. The first-order valence-electron chi connectivity index (χ1n) is 3.57. The lowest BCUT2D eigenvalue weighted by atomic mass is 10.3. The highest BCUT2D eigenvalue weighted by atomic mass is 32.1. The van der Waals surface area contributed by atoms with Crippen molar-refractivity contribution in [2.75, 3.05) is 6.61 Å². The fourth-order valence-corrected chi connectivity index (χ4v) is 1.75.